The van der Waals surface area contributed by atoms with E-state index in [0.717, 1.165) is 22.6 Å². The van der Waals surface area contributed by atoms with Gasteiger partial charge in [-0.25, -0.2) is 0 Å². The lowest BCUT2D eigenvalue weighted by molar-refractivity contribution is -0.118. The molecule has 0 atom stereocenters. The Bertz CT molecular complexity index is 599. The van der Waals surface area contributed by atoms with Crippen molar-refractivity contribution in [3.05, 3.63) is 59.7 Å². The Balaban J connectivity index is 1.74. The van der Waals surface area contributed by atoms with Crippen LogP contribution in [-0.2, 0) is 11.2 Å². The number of hydrogen-bond acceptors (Lipinski definition) is 3. The third-order valence-corrected chi connectivity index (χ3v) is 4.31. The minimum atomic E-state index is 0.0535. The summed E-state index contributed by atoms with van der Waals surface area (Å²) < 4.78 is 0. The zero-order chi connectivity index (χ0) is 15.1. The highest BCUT2D eigenvalue weighted by molar-refractivity contribution is 8.00. The van der Waals surface area contributed by atoms with Gasteiger partial charge in [-0.15, -0.1) is 11.8 Å². The number of nitrogens with one attached hydrogen (secondary N) is 1. The van der Waals surface area contributed by atoms with E-state index in [9.17, 15) is 4.79 Å². The lowest BCUT2D eigenvalue weighted by Gasteiger charge is -2.08. The van der Waals surface area contributed by atoms with Crippen LogP contribution in [0.1, 0.15) is 11.1 Å². The maximum absolute atomic E-state index is 11.8. The summed E-state index contributed by atoms with van der Waals surface area (Å²) in [6, 6.07) is 15.9. The molecular weight excluding hydrogens is 280 g/mol. The van der Waals surface area contributed by atoms with Crippen LogP contribution in [0.15, 0.2) is 53.4 Å². The lowest BCUT2D eigenvalue weighted by atomic mass is 10.1. The van der Waals surface area contributed by atoms with E-state index in [2.05, 4.69) is 17.4 Å². The summed E-state index contributed by atoms with van der Waals surface area (Å²) in [5.41, 5.74) is 8.87. The quantitative estimate of drug-likeness (QED) is 0.637. The molecule has 0 saturated heterocycles. The van der Waals surface area contributed by atoms with E-state index in [1.54, 1.807) is 0 Å². The highest BCUT2D eigenvalue weighted by Crippen LogP contribution is 2.24. The van der Waals surface area contributed by atoms with Crippen LogP contribution in [0.2, 0.25) is 0 Å². The molecule has 0 aliphatic carbocycles. The normalized spacial score (nSPS) is 10.3. The average molecular weight is 300 g/mol. The maximum atomic E-state index is 11.8. The van der Waals surface area contributed by atoms with E-state index in [0.29, 0.717) is 12.3 Å². The van der Waals surface area contributed by atoms with Crippen LogP contribution in [-0.4, -0.2) is 18.2 Å². The fourth-order valence-electron chi connectivity index (χ4n) is 1.96. The standard InChI is InChI=1S/C17H20N2OS/c1-13-7-8-15(18)11-16(13)21-12-17(20)19-10-9-14-5-3-2-4-6-14/h2-8,11H,9-10,12,18H2,1H3,(H,19,20). The van der Waals surface area contributed by atoms with Gasteiger partial charge < -0.3 is 11.1 Å². The molecular formula is C17H20N2OS. The summed E-state index contributed by atoms with van der Waals surface area (Å²) in [4.78, 5) is 12.9. The van der Waals surface area contributed by atoms with Crippen LogP contribution in [0, 0.1) is 6.92 Å². The van der Waals surface area contributed by atoms with Crippen molar-refractivity contribution in [1.29, 1.82) is 0 Å². The molecule has 0 unspecified atom stereocenters. The van der Waals surface area contributed by atoms with Crippen molar-refractivity contribution >= 4 is 23.4 Å². The molecule has 0 aromatic heterocycles. The van der Waals surface area contributed by atoms with Crippen molar-refractivity contribution in [2.24, 2.45) is 0 Å². The molecule has 21 heavy (non-hydrogen) atoms. The van der Waals surface area contributed by atoms with E-state index in [1.807, 2.05) is 43.3 Å². The van der Waals surface area contributed by atoms with E-state index < -0.39 is 0 Å². The number of carbonyl (C=O) groups excluding carboxylic acids is 1. The van der Waals surface area contributed by atoms with Crippen LogP contribution >= 0.6 is 11.8 Å². The topological polar surface area (TPSA) is 55.1 Å². The Morgan fingerprint density at radius 3 is 2.71 bits per heavy atom. The molecule has 0 bridgehead atoms. The van der Waals surface area contributed by atoms with Crippen molar-refractivity contribution in [3.63, 3.8) is 0 Å². The monoisotopic (exact) mass is 300 g/mol. The summed E-state index contributed by atoms with van der Waals surface area (Å²) in [6.07, 6.45) is 0.856. The molecule has 110 valence electrons. The zero-order valence-corrected chi connectivity index (χ0v) is 13.0. The summed E-state index contributed by atoms with van der Waals surface area (Å²) >= 11 is 1.52. The molecule has 2 aromatic rings. The molecule has 0 heterocycles. The SMILES string of the molecule is Cc1ccc(N)cc1SCC(=O)NCCc1ccccc1. The Morgan fingerprint density at radius 2 is 1.95 bits per heavy atom. The smallest absolute Gasteiger partial charge is 0.230 e. The summed E-state index contributed by atoms with van der Waals surface area (Å²) in [6.45, 7) is 2.69. The Kier molecular flexibility index (Phi) is 5.69. The molecule has 4 heteroatoms. The highest BCUT2D eigenvalue weighted by atomic mass is 32.2. The molecule has 0 spiro atoms. The number of anilines is 1. The first-order valence-electron chi connectivity index (χ1n) is 6.94. The molecule has 0 radical (unpaired) electrons. The van der Waals surface area contributed by atoms with Crippen molar-refractivity contribution in [2.75, 3.05) is 18.0 Å². The highest BCUT2D eigenvalue weighted by Gasteiger charge is 2.05. The number of benzene rings is 2. The van der Waals surface area contributed by atoms with Gasteiger partial charge in [-0.3, -0.25) is 4.79 Å². The Morgan fingerprint density at radius 1 is 1.19 bits per heavy atom. The molecule has 2 aromatic carbocycles. The van der Waals surface area contributed by atoms with Crippen LogP contribution in [0.3, 0.4) is 0 Å². The minimum absolute atomic E-state index is 0.0535. The van der Waals surface area contributed by atoms with Crippen molar-refractivity contribution in [3.8, 4) is 0 Å². The first-order chi connectivity index (χ1) is 10.1. The minimum Gasteiger partial charge on any atom is -0.399 e. The van der Waals surface area contributed by atoms with E-state index in [4.69, 9.17) is 5.73 Å². The van der Waals surface area contributed by atoms with Gasteiger partial charge in [-0.2, -0.15) is 0 Å². The average Bonchev–Trinajstić information content (AvgIpc) is 2.49. The number of rotatable bonds is 6. The van der Waals surface area contributed by atoms with Gasteiger partial charge in [0, 0.05) is 17.1 Å². The molecule has 3 N–H and O–H groups in total. The van der Waals surface area contributed by atoms with Crippen LogP contribution in [0.25, 0.3) is 0 Å². The summed E-state index contributed by atoms with van der Waals surface area (Å²) in [7, 11) is 0. The number of carbonyl (C=O) groups is 1. The first kappa shape index (κ1) is 15.4. The number of thioether (sulfide) groups is 1. The second-order valence-electron chi connectivity index (χ2n) is 4.90. The predicted octanol–water partition coefficient (Wildman–Crippen LogP) is 3.03. The zero-order valence-electron chi connectivity index (χ0n) is 12.1. The van der Waals surface area contributed by atoms with Gasteiger partial charge in [-0.05, 0) is 36.6 Å². The molecule has 2 rings (SSSR count). The van der Waals surface area contributed by atoms with E-state index in [1.165, 1.54) is 17.3 Å². The molecule has 0 aliphatic rings. The second-order valence-corrected chi connectivity index (χ2v) is 5.92. The van der Waals surface area contributed by atoms with Crippen molar-refractivity contribution in [2.45, 2.75) is 18.2 Å². The molecule has 0 saturated carbocycles. The van der Waals surface area contributed by atoms with Gasteiger partial charge in [0.25, 0.3) is 0 Å². The van der Waals surface area contributed by atoms with Gasteiger partial charge in [0.05, 0.1) is 5.75 Å². The number of hydrogen-bond donors (Lipinski definition) is 2. The molecule has 3 nitrogen and oxygen atoms in total. The van der Waals surface area contributed by atoms with E-state index >= 15 is 0 Å². The Labute approximate surface area is 129 Å². The largest absolute Gasteiger partial charge is 0.399 e. The van der Waals surface area contributed by atoms with Crippen LogP contribution in [0.4, 0.5) is 5.69 Å². The van der Waals surface area contributed by atoms with Crippen LogP contribution < -0.4 is 11.1 Å². The number of amides is 1. The molecule has 0 aliphatic heterocycles. The lowest BCUT2D eigenvalue weighted by Crippen LogP contribution is -2.27. The fourth-order valence-corrected chi connectivity index (χ4v) is 2.86. The third-order valence-electron chi connectivity index (χ3n) is 3.15. The van der Waals surface area contributed by atoms with Gasteiger partial charge in [0.15, 0.2) is 0 Å². The first-order valence-corrected chi connectivity index (χ1v) is 7.93. The van der Waals surface area contributed by atoms with Crippen molar-refractivity contribution in [1.82, 2.24) is 5.32 Å². The molecule has 0 fully saturated rings. The second kappa shape index (κ2) is 7.74. The third kappa shape index (κ3) is 5.16. The van der Waals surface area contributed by atoms with E-state index in [-0.39, 0.29) is 5.91 Å². The Hall–Kier alpha value is -1.94. The number of nitrogen functional groups attached to an aromatic ring is 1. The van der Waals surface area contributed by atoms with Crippen LogP contribution in [0.5, 0.6) is 0 Å². The maximum Gasteiger partial charge on any atom is 0.230 e. The fraction of sp³-hybridized carbons (Fsp3) is 0.235. The summed E-state index contributed by atoms with van der Waals surface area (Å²) in [5.74, 6) is 0.469. The summed E-state index contributed by atoms with van der Waals surface area (Å²) in [5, 5.41) is 2.94. The molecule has 1 amide bonds. The number of nitrogens with two attached hydrogens (primary N) is 1. The van der Waals surface area contributed by atoms with Gasteiger partial charge in [0.2, 0.25) is 5.91 Å². The van der Waals surface area contributed by atoms with Gasteiger partial charge >= 0.3 is 0 Å². The van der Waals surface area contributed by atoms with Gasteiger partial charge in [-0.1, -0.05) is 36.4 Å². The predicted molar refractivity (Wildman–Crippen MR) is 89.5 cm³/mol. The van der Waals surface area contributed by atoms with Crippen molar-refractivity contribution < 1.29 is 4.79 Å². The number of aryl methyl sites for hydroxylation is 1. The van der Waals surface area contributed by atoms with Gasteiger partial charge in [0.1, 0.15) is 0 Å².